The van der Waals surface area contributed by atoms with Gasteiger partial charge < -0.3 is 15.7 Å². The normalized spacial score (nSPS) is 18.7. The number of benzene rings is 1. The van der Waals surface area contributed by atoms with E-state index in [0.717, 1.165) is 25.9 Å². The van der Waals surface area contributed by atoms with Gasteiger partial charge in [0.05, 0.1) is 11.8 Å². The minimum atomic E-state index is -3.55. The molecule has 0 radical (unpaired) electrons. The zero-order chi connectivity index (χ0) is 15.6. The Bertz CT molecular complexity index is 593. The molecule has 1 fully saturated rings. The smallest absolute Gasteiger partial charge is 0.242 e. The zero-order valence-corrected chi connectivity index (χ0v) is 13.2. The van der Waals surface area contributed by atoms with Crippen molar-refractivity contribution in [2.75, 3.05) is 30.8 Å². The van der Waals surface area contributed by atoms with E-state index in [1.807, 2.05) is 4.90 Å². The third-order valence-electron chi connectivity index (χ3n) is 4.10. The van der Waals surface area contributed by atoms with Crippen molar-refractivity contribution < 1.29 is 13.5 Å². The van der Waals surface area contributed by atoms with Crippen LogP contribution >= 0.6 is 0 Å². The Hall–Kier alpha value is -1.31. The van der Waals surface area contributed by atoms with Crippen LogP contribution in [0.2, 0.25) is 0 Å². The Morgan fingerprint density at radius 2 is 2.00 bits per heavy atom. The lowest BCUT2D eigenvalue weighted by Gasteiger charge is -2.35. The lowest BCUT2D eigenvalue weighted by molar-refractivity contribution is 0.110. The minimum absolute atomic E-state index is 0.209. The van der Waals surface area contributed by atoms with E-state index in [2.05, 4.69) is 4.72 Å². The van der Waals surface area contributed by atoms with Gasteiger partial charge >= 0.3 is 0 Å². The molecular formula is C14H23N3O3S. The Morgan fingerprint density at radius 3 is 2.52 bits per heavy atom. The molecule has 0 saturated carbocycles. The van der Waals surface area contributed by atoms with Gasteiger partial charge in [0.1, 0.15) is 4.90 Å². The Balaban J connectivity index is 2.29. The molecule has 0 bridgehead atoms. The van der Waals surface area contributed by atoms with Crippen LogP contribution in [0.15, 0.2) is 23.1 Å². The molecule has 21 heavy (non-hydrogen) atoms. The van der Waals surface area contributed by atoms with Crippen molar-refractivity contribution in [3.63, 3.8) is 0 Å². The van der Waals surface area contributed by atoms with Crippen LogP contribution < -0.4 is 15.4 Å². The number of nitrogens with one attached hydrogen (secondary N) is 1. The van der Waals surface area contributed by atoms with Gasteiger partial charge in [-0.05, 0) is 50.9 Å². The van der Waals surface area contributed by atoms with Crippen LogP contribution in [0.5, 0.6) is 0 Å². The number of sulfonamides is 1. The fraction of sp³-hybridized carbons (Fsp3) is 0.571. The predicted octanol–water partition coefficient (Wildman–Crippen LogP) is 0.774. The molecule has 2 rings (SSSR count). The third-order valence-corrected chi connectivity index (χ3v) is 5.55. The van der Waals surface area contributed by atoms with E-state index < -0.39 is 10.0 Å². The molecule has 6 nitrogen and oxygen atoms in total. The van der Waals surface area contributed by atoms with Crippen LogP contribution in [0, 0.1) is 5.92 Å². The maximum Gasteiger partial charge on any atom is 0.242 e. The lowest BCUT2D eigenvalue weighted by Crippen LogP contribution is -2.38. The topological polar surface area (TPSA) is 95.7 Å². The molecule has 4 N–H and O–H groups in total. The van der Waals surface area contributed by atoms with Crippen LogP contribution in [-0.4, -0.2) is 39.8 Å². The molecule has 1 aliphatic rings. The number of rotatable bonds is 4. The van der Waals surface area contributed by atoms with Crippen LogP contribution in [-0.2, 0) is 10.0 Å². The molecular weight excluding hydrogens is 290 g/mol. The minimum Gasteiger partial charge on any atom is -0.399 e. The van der Waals surface area contributed by atoms with Crippen molar-refractivity contribution in [2.45, 2.75) is 30.8 Å². The Labute approximate surface area is 126 Å². The van der Waals surface area contributed by atoms with Crippen molar-refractivity contribution in [3.8, 4) is 0 Å². The first-order valence-electron chi connectivity index (χ1n) is 7.11. The number of aliphatic hydroxyl groups excluding tert-OH is 1. The SMILES string of the molecule is CNS(=O)(=O)c1cc(N)ccc1N1CCC(C(C)O)CC1. The number of nitrogens with two attached hydrogens (primary N) is 1. The molecule has 0 amide bonds. The summed E-state index contributed by atoms with van der Waals surface area (Å²) in [7, 11) is -2.16. The maximum atomic E-state index is 12.2. The summed E-state index contributed by atoms with van der Waals surface area (Å²) >= 11 is 0. The summed E-state index contributed by atoms with van der Waals surface area (Å²) in [5.41, 5.74) is 6.82. The molecule has 0 spiro atoms. The molecule has 118 valence electrons. The van der Waals surface area contributed by atoms with Crippen molar-refractivity contribution in [1.82, 2.24) is 4.72 Å². The molecule has 1 aromatic carbocycles. The third kappa shape index (κ3) is 3.48. The van der Waals surface area contributed by atoms with Gasteiger partial charge in [-0.25, -0.2) is 13.1 Å². The molecule has 0 aliphatic carbocycles. The number of nitrogens with zero attached hydrogens (tertiary/aromatic N) is 1. The summed E-state index contributed by atoms with van der Waals surface area (Å²) < 4.78 is 26.7. The standard InChI is InChI=1S/C14H23N3O3S/c1-10(18)11-5-7-17(8-6-11)13-4-3-12(15)9-14(13)21(19,20)16-2/h3-4,9-11,16,18H,5-8,15H2,1-2H3. The highest BCUT2D eigenvalue weighted by Gasteiger charge is 2.26. The second-order valence-corrected chi connectivity index (χ2v) is 7.35. The molecule has 1 unspecified atom stereocenters. The van der Waals surface area contributed by atoms with E-state index in [1.54, 1.807) is 19.1 Å². The molecule has 1 atom stereocenters. The molecule has 0 aromatic heterocycles. The van der Waals surface area contributed by atoms with Gasteiger partial charge in [-0.2, -0.15) is 0 Å². The first kappa shape index (κ1) is 16.1. The van der Waals surface area contributed by atoms with E-state index in [4.69, 9.17) is 5.73 Å². The van der Waals surface area contributed by atoms with E-state index in [0.29, 0.717) is 11.4 Å². The number of anilines is 2. The highest BCUT2D eigenvalue weighted by atomic mass is 32.2. The van der Waals surface area contributed by atoms with Crippen molar-refractivity contribution in [3.05, 3.63) is 18.2 Å². The maximum absolute atomic E-state index is 12.2. The van der Waals surface area contributed by atoms with Gasteiger partial charge in [0.25, 0.3) is 0 Å². The van der Waals surface area contributed by atoms with Crippen molar-refractivity contribution >= 4 is 21.4 Å². The molecule has 1 aromatic rings. The summed E-state index contributed by atoms with van der Waals surface area (Å²) in [4.78, 5) is 2.25. The first-order valence-corrected chi connectivity index (χ1v) is 8.59. The molecule has 1 heterocycles. The average molecular weight is 313 g/mol. The van der Waals surface area contributed by atoms with E-state index >= 15 is 0 Å². The molecule has 1 aliphatic heterocycles. The number of nitrogen functional groups attached to an aromatic ring is 1. The van der Waals surface area contributed by atoms with Crippen LogP contribution in [0.25, 0.3) is 0 Å². The van der Waals surface area contributed by atoms with Gasteiger partial charge in [0.15, 0.2) is 0 Å². The molecule has 1 saturated heterocycles. The van der Waals surface area contributed by atoms with Crippen LogP contribution in [0.3, 0.4) is 0 Å². The van der Waals surface area contributed by atoms with Crippen molar-refractivity contribution in [2.24, 2.45) is 5.92 Å². The van der Waals surface area contributed by atoms with Gasteiger partial charge in [-0.1, -0.05) is 0 Å². The van der Waals surface area contributed by atoms with E-state index in [1.165, 1.54) is 13.1 Å². The summed E-state index contributed by atoms with van der Waals surface area (Å²) in [6.45, 7) is 3.26. The van der Waals surface area contributed by atoms with Crippen LogP contribution in [0.1, 0.15) is 19.8 Å². The fourth-order valence-corrected chi connectivity index (χ4v) is 3.72. The highest BCUT2D eigenvalue weighted by molar-refractivity contribution is 7.89. The fourth-order valence-electron chi connectivity index (χ4n) is 2.74. The Kier molecular flexibility index (Phi) is 4.75. The lowest BCUT2D eigenvalue weighted by atomic mass is 9.92. The van der Waals surface area contributed by atoms with Crippen molar-refractivity contribution in [1.29, 1.82) is 0 Å². The highest BCUT2D eigenvalue weighted by Crippen LogP contribution is 2.31. The largest absolute Gasteiger partial charge is 0.399 e. The van der Waals surface area contributed by atoms with Gasteiger partial charge in [-0.3, -0.25) is 0 Å². The Morgan fingerprint density at radius 1 is 1.38 bits per heavy atom. The second kappa shape index (κ2) is 6.21. The summed E-state index contributed by atoms with van der Waals surface area (Å²) in [5, 5.41) is 9.65. The summed E-state index contributed by atoms with van der Waals surface area (Å²) in [5.74, 6) is 0.277. The number of hydrogen-bond donors (Lipinski definition) is 3. The van der Waals surface area contributed by atoms with Gasteiger partial charge in [-0.15, -0.1) is 0 Å². The second-order valence-electron chi connectivity index (χ2n) is 5.50. The van der Waals surface area contributed by atoms with Gasteiger partial charge in [0.2, 0.25) is 10.0 Å². The number of hydrogen-bond acceptors (Lipinski definition) is 5. The predicted molar refractivity (Wildman–Crippen MR) is 83.7 cm³/mol. The van der Waals surface area contributed by atoms with E-state index in [9.17, 15) is 13.5 Å². The number of piperidine rings is 1. The van der Waals surface area contributed by atoms with E-state index in [-0.39, 0.29) is 16.9 Å². The molecule has 7 heteroatoms. The zero-order valence-electron chi connectivity index (χ0n) is 12.4. The quantitative estimate of drug-likeness (QED) is 0.714. The number of aliphatic hydroxyl groups is 1. The van der Waals surface area contributed by atoms with Gasteiger partial charge in [0, 0.05) is 18.8 Å². The first-order chi connectivity index (χ1) is 9.85. The summed E-state index contributed by atoms with van der Waals surface area (Å²) in [6, 6.07) is 4.95. The van der Waals surface area contributed by atoms with Crippen LogP contribution in [0.4, 0.5) is 11.4 Å². The average Bonchev–Trinajstić information content (AvgIpc) is 2.47. The summed E-state index contributed by atoms with van der Waals surface area (Å²) in [6.07, 6.45) is 1.38. The monoisotopic (exact) mass is 313 g/mol.